The lowest BCUT2D eigenvalue weighted by atomic mass is 9.96. The van der Waals surface area contributed by atoms with Crippen LogP contribution in [0.25, 0.3) is 0 Å². The summed E-state index contributed by atoms with van der Waals surface area (Å²) in [6.07, 6.45) is 2.34. The van der Waals surface area contributed by atoms with E-state index in [9.17, 15) is 5.11 Å². The second kappa shape index (κ2) is 3.71. The number of rotatable bonds is 3. The van der Waals surface area contributed by atoms with Crippen molar-refractivity contribution < 1.29 is 9.63 Å². The molecule has 78 valence electrons. The average molecular weight is 196 g/mol. The molecule has 0 bridgehead atoms. The van der Waals surface area contributed by atoms with Gasteiger partial charge in [0.05, 0.1) is 11.3 Å². The number of hydrogen-bond donors (Lipinski definition) is 2. The van der Waals surface area contributed by atoms with Crippen LogP contribution in [0.3, 0.4) is 0 Å². The van der Waals surface area contributed by atoms with Crippen LogP contribution in [0.15, 0.2) is 10.6 Å². The minimum Gasteiger partial charge on any atom is -0.389 e. The summed E-state index contributed by atoms with van der Waals surface area (Å²) in [7, 11) is 0. The molecule has 0 aliphatic carbocycles. The zero-order chi connectivity index (χ0) is 10.0. The van der Waals surface area contributed by atoms with E-state index in [1.807, 2.05) is 13.0 Å². The van der Waals surface area contributed by atoms with Crippen molar-refractivity contribution in [1.82, 2.24) is 10.5 Å². The Bertz CT molecular complexity index is 303. The van der Waals surface area contributed by atoms with Crippen molar-refractivity contribution in [2.45, 2.75) is 31.8 Å². The van der Waals surface area contributed by atoms with Crippen LogP contribution in [-0.4, -0.2) is 29.0 Å². The van der Waals surface area contributed by atoms with E-state index in [2.05, 4.69) is 10.5 Å². The predicted molar refractivity (Wildman–Crippen MR) is 52.0 cm³/mol. The topological polar surface area (TPSA) is 58.3 Å². The maximum atomic E-state index is 10.0. The van der Waals surface area contributed by atoms with Crippen LogP contribution in [0.4, 0.5) is 0 Å². The normalized spacial score (nSPS) is 27.0. The molecule has 1 aromatic heterocycles. The van der Waals surface area contributed by atoms with Crippen molar-refractivity contribution in [3.05, 3.63) is 17.5 Å². The summed E-state index contributed by atoms with van der Waals surface area (Å²) in [5, 5.41) is 17.0. The molecule has 2 N–H and O–H groups in total. The van der Waals surface area contributed by atoms with Gasteiger partial charge in [-0.1, -0.05) is 5.16 Å². The maximum absolute atomic E-state index is 10.0. The van der Waals surface area contributed by atoms with Crippen molar-refractivity contribution in [3.63, 3.8) is 0 Å². The molecule has 1 atom stereocenters. The molecule has 0 spiro atoms. The van der Waals surface area contributed by atoms with Crippen molar-refractivity contribution >= 4 is 0 Å². The molecule has 2 rings (SSSR count). The minimum atomic E-state index is -0.541. The summed E-state index contributed by atoms with van der Waals surface area (Å²) in [5.74, 6) is 0.864. The monoisotopic (exact) mass is 196 g/mol. The fourth-order valence-electron chi connectivity index (χ4n) is 1.83. The first-order valence-corrected chi connectivity index (χ1v) is 5.03. The van der Waals surface area contributed by atoms with Crippen LogP contribution in [0, 0.1) is 6.92 Å². The number of β-amino-alcohol motifs (C(OH)–C–C–N with tert-alkyl or cyclic N) is 1. The van der Waals surface area contributed by atoms with Gasteiger partial charge in [-0.25, -0.2) is 0 Å². The first-order valence-electron chi connectivity index (χ1n) is 5.03. The molecule has 0 amide bonds. The SMILES string of the molecule is Cc1cc(CCC2(O)CCNC2)on1. The van der Waals surface area contributed by atoms with Gasteiger partial charge in [0.1, 0.15) is 5.76 Å². The van der Waals surface area contributed by atoms with E-state index in [1.54, 1.807) is 0 Å². The van der Waals surface area contributed by atoms with Crippen molar-refractivity contribution in [3.8, 4) is 0 Å². The van der Waals surface area contributed by atoms with E-state index in [4.69, 9.17) is 4.52 Å². The Morgan fingerprint density at radius 2 is 2.57 bits per heavy atom. The zero-order valence-corrected chi connectivity index (χ0v) is 8.42. The third-order valence-electron chi connectivity index (χ3n) is 2.73. The fraction of sp³-hybridized carbons (Fsp3) is 0.700. The molecule has 4 heteroatoms. The molecule has 1 aromatic rings. The van der Waals surface area contributed by atoms with Crippen LogP contribution < -0.4 is 5.32 Å². The Morgan fingerprint density at radius 3 is 3.14 bits per heavy atom. The van der Waals surface area contributed by atoms with Crippen LogP contribution in [0.5, 0.6) is 0 Å². The maximum Gasteiger partial charge on any atom is 0.137 e. The summed E-state index contributed by atoms with van der Waals surface area (Å²) in [6.45, 7) is 3.50. The molecular weight excluding hydrogens is 180 g/mol. The Balaban J connectivity index is 1.87. The highest BCUT2D eigenvalue weighted by molar-refractivity contribution is 5.04. The lowest BCUT2D eigenvalue weighted by Gasteiger charge is -2.19. The molecular formula is C10H16N2O2. The summed E-state index contributed by atoms with van der Waals surface area (Å²) in [4.78, 5) is 0. The first kappa shape index (κ1) is 9.68. The van der Waals surface area contributed by atoms with Gasteiger partial charge in [0, 0.05) is 19.0 Å². The van der Waals surface area contributed by atoms with Crippen molar-refractivity contribution in [1.29, 1.82) is 0 Å². The number of aryl methyl sites for hydroxylation is 2. The molecule has 1 aliphatic rings. The number of nitrogens with zero attached hydrogens (tertiary/aromatic N) is 1. The second-order valence-corrected chi connectivity index (χ2v) is 4.09. The van der Waals surface area contributed by atoms with E-state index in [-0.39, 0.29) is 0 Å². The molecule has 0 saturated carbocycles. The molecule has 0 radical (unpaired) electrons. The summed E-state index contributed by atoms with van der Waals surface area (Å²) in [5.41, 5.74) is 0.359. The van der Waals surface area contributed by atoms with Gasteiger partial charge in [-0.2, -0.15) is 0 Å². The molecule has 2 heterocycles. The van der Waals surface area contributed by atoms with Gasteiger partial charge in [-0.3, -0.25) is 0 Å². The van der Waals surface area contributed by atoms with Gasteiger partial charge in [0.2, 0.25) is 0 Å². The smallest absolute Gasteiger partial charge is 0.137 e. The third kappa shape index (κ3) is 2.13. The number of aliphatic hydroxyl groups is 1. The van der Waals surface area contributed by atoms with E-state index >= 15 is 0 Å². The van der Waals surface area contributed by atoms with Gasteiger partial charge in [0.15, 0.2) is 0 Å². The summed E-state index contributed by atoms with van der Waals surface area (Å²) < 4.78 is 5.09. The predicted octanol–water partition coefficient (Wildman–Crippen LogP) is 0.640. The Hall–Kier alpha value is -0.870. The molecule has 1 fully saturated rings. The molecule has 1 unspecified atom stereocenters. The fourth-order valence-corrected chi connectivity index (χ4v) is 1.83. The Kier molecular flexibility index (Phi) is 2.56. The molecule has 4 nitrogen and oxygen atoms in total. The molecule has 1 saturated heterocycles. The number of nitrogens with one attached hydrogen (secondary N) is 1. The van der Waals surface area contributed by atoms with Gasteiger partial charge in [0.25, 0.3) is 0 Å². The van der Waals surface area contributed by atoms with Gasteiger partial charge in [-0.05, 0) is 26.3 Å². The molecule has 14 heavy (non-hydrogen) atoms. The molecule has 0 aromatic carbocycles. The number of hydrogen-bond acceptors (Lipinski definition) is 4. The highest BCUT2D eigenvalue weighted by Crippen LogP contribution is 2.21. The second-order valence-electron chi connectivity index (χ2n) is 4.09. The van der Waals surface area contributed by atoms with Gasteiger partial charge >= 0.3 is 0 Å². The van der Waals surface area contributed by atoms with E-state index in [1.165, 1.54) is 0 Å². The summed E-state index contributed by atoms with van der Waals surface area (Å²) >= 11 is 0. The van der Waals surface area contributed by atoms with Crippen LogP contribution >= 0.6 is 0 Å². The zero-order valence-electron chi connectivity index (χ0n) is 8.42. The first-order chi connectivity index (χ1) is 6.68. The molecule has 1 aliphatic heterocycles. The Labute approximate surface area is 83.3 Å². The average Bonchev–Trinajstić information content (AvgIpc) is 2.73. The number of aromatic nitrogens is 1. The highest BCUT2D eigenvalue weighted by atomic mass is 16.5. The van der Waals surface area contributed by atoms with E-state index in [0.29, 0.717) is 6.54 Å². The standard InChI is InChI=1S/C10H16N2O2/c1-8-6-9(14-12-8)2-3-10(13)4-5-11-7-10/h6,11,13H,2-5,7H2,1H3. The lowest BCUT2D eigenvalue weighted by Crippen LogP contribution is -2.31. The Morgan fingerprint density at radius 1 is 1.71 bits per heavy atom. The lowest BCUT2D eigenvalue weighted by molar-refractivity contribution is 0.0508. The quantitative estimate of drug-likeness (QED) is 0.745. The van der Waals surface area contributed by atoms with Gasteiger partial charge < -0.3 is 14.9 Å². The van der Waals surface area contributed by atoms with Gasteiger partial charge in [-0.15, -0.1) is 0 Å². The third-order valence-corrected chi connectivity index (χ3v) is 2.73. The van der Waals surface area contributed by atoms with E-state index in [0.717, 1.165) is 37.3 Å². The highest BCUT2D eigenvalue weighted by Gasteiger charge is 2.30. The van der Waals surface area contributed by atoms with Crippen LogP contribution in [0.2, 0.25) is 0 Å². The largest absolute Gasteiger partial charge is 0.389 e. The van der Waals surface area contributed by atoms with E-state index < -0.39 is 5.60 Å². The van der Waals surface area contributed by atoms with Crippen LogP contribution in [0.1, 0.15) is 24.3 Å². The van der Waals surface area contributed by atoms with Crippen molar-refractivity contribution in [2.24, 2.45) is 0 Å². The van der Waals surface area contributed by atoms with Crippen LogP contribution in [-0.2, 0) is 6.42 Å². The summed E-state index contributed by atoms with van der Waals surface area (Å²) in [6, 6.07) is 1.92. The minimum absolute atomic E-state index is 0.541. The van der Waals surface area contributed by atoms with Crippen molar-refractivity contribution in [2.75, 3.05) is 13.1 Å².